The van der Waals surface area contributed by atoms with Crippen LogP contribution in [0.4, 0.5) is 0 Å². The molecule has 0 aromatic carbocycles. The Morgan fingerprint density at radius 2 is 2.50 bits per heavy atom. The van der Waals surface area contributed by atoms with Gasteiger partial charge in [-0.1, -0.05) is 17.7 Å². The minimum absolute atomic E-state index is 0.114. The lowest BCUT2D eigenvalue weighted by atomic mass is 10.5. The smallest absolute Gasteiger partial charge is 0.268 e. The van der Waals surface area contributed by atoms with Gasteiger partial charge in [-0.3, -0.25) is 4.79 Å². The molecule has 1 aromatic heterocycles. The van der Waals surface area contributed by atoms with Crippen LogP contribution in [-0.2, 0) is 6.54 Å². The van der Waals surface area contributed by atoms with Gasteiger partial charge in [-0.2, -0.15) is 5.10 Å². The van der Waals surface area contributed by atoms with Gasteiger partial charge in [0.1, 0.15) is 0 Å². The highest BCUT2D eigenvalue weighted by molar-refractivity contribution is 14.1. The Labute approximate surface area is 88.2 Å². The van der Waals surface area contributed by atoms with E-state index in [1.54, 1.807) is 12.3 Å². The maximum Gasteiger partial charge on any atom is 0.268 e. The molecule has 0 atom stereocenters. The van der Waals surface area contributed by atoms with E-state index in [-0.39, 0.29) is 5.56 Å². The summed E-state index contributed by atoms with van der Waals surface area (Å²) in [5.41, 5.74) is 1.25. The van der Waals surface area contributed by atoms with Crippen molar-refractivity contribution < 1.29 is 0 Å². The first-order chi connectivity index (χ1) is 5.74. The average Bonchev–Trinajstić information content (AvgIpc) is 2.03. The van der Waals surface area contributed by atoms with Gasteiger partial charge in [-0.25, -0.2) is 4.68 Å². The van der Waals surface area contributed by atoms with Gasteiger partial charge < -0.3 is 0 Å². The predicted molar refractivity (Wildman–Crippen MR) is 56.2 cm³/mol. The lowest BCUT2D eigenvalue weighted by molar-refractivity contribution is 0.649. The number of hydrogen-bond donors (Lipinski definition) is 0. The van der Waals surface area contributed by atoms with Crippen LogP contribution in [0.3, 0.4) is 0 Å². The molecule has 12 heavy (non-hydrogen) atoms. The third-order valence-corrected chi connectivity index (χ3v) is 1.97. The van der Waals surface area contributed by atoms with Crippen molar-refractivity contribution in [3.63, 3.8) is 0 Å². The Morgan fingerprint density at radius 3 is 3.08 bits per heavy atom. The molecule has 0 aliphatic heterocycles. The van der Waals surface area contributed by atoms with Crippen molar-refractivity contribution in [1.29, 1.82) is 0 Å². The molecule has 3 nitrogen and oxygen atoms in total. The second-order valence-electron chi connectivity index (χ2n) is 2.06. The second-order valence-corrected chi connectivity index (χ2v) is 3.55. The molecule has 0 spiro atoms. The zero-order valence-electron chi connectivity index (χ0n) is 6.08. The topological polar surface area (TPSA) is 34.9 Å². The van der Waals surface area contributed by atoms with E-state index in [0.717, 1.165) is 3.57 Å². The molecule has 0 bridgehead atoms. The standard InChI is InChI=1S/C7H6ClIN2O/c8-2-1-3-11-7(12)4-6(9)5-10-11/h1-2,4-5H,3H2/b2-1+. The van der Waals surface area contributed by atoms with Crippen molar-refractivity contribution in [1.82, 2.24) is 9.78 Å². The minimum atomic E-state index is -0.114. The van der Waals surface area contributed by atoms with Crippen LogP contribution in [0.25, 0.3) is 0 Å². The van der Waals surface area contributed by atoms with Crippen LogP contribution in [0.5, 0.6) is 0 Å². The first kappa shape index (κ1) is 9.73. The Balaban J connectivity index is 2.94. The van der Waals surface area contributed by atoms with Gasteiger partial charge in [-0.15, -0.1) is 0 Å². The van der Waals surface area contributed by atoms with E-state index in [0.29, 0.717) is 6.54 Å². The van der Waals surface area contributed by atoms with E-state index in [9.17, 15) is 4.79 Å². The highest BCUT2D eigenvalue weighted by Crippen LogP contribution is 1.95. The van der Waals surface area contributed by atoms with Crippen molar-refractivity contribution in [3.8, 4) is 0 Å². The van der Waals surface area contributed by atoms with Gasteiger partial charge in [0.15, 0.2) is 0 Å². The molecule has 0 saturated carbocycles. The van der Waals surface area contributed by atoms with Gasteiger partial charge in [-0.05, 0) is 22.6 Å². The number of hydrogen-bond acceptors (Lipinski definition) is 2. The molecule has 0 aliphatic rings. The summed E-state index contributed by atoms with van der Waals surface area (Å²) in [5, 5.41) is 3.90. The third-order valence-electron chi connectivity index (χ3n) is 1.20. The van der Waals surface area contributed by atoms with Crippen molar-refractivity contribution >= 4 is 34.2 Å². The summed E-state index contributed by atoms with van der Waals surface area (Å²) in [6.45, 7) is 0.416. The van der Waals surface area contributed by atoms with E-state index in [2.05, 4.69) is 5.10 Å². The first-order valence-corrected chi connectivity index (χ1v) is 4.73. The SMILES string of the molecule is O=c1cc(I)cnn1C/C=C/Cl. The van der Waals surface area contributed by atoms with E-state index in [4.69, 9.17) is 11.6 Å². The molecule has 0 aliphatic carbocycles. The summed E-state index contributed by atoms with van der Waals surface area (Å²) in [4.78, 5) is 11.2. The fourth-order valence-corrected chi connectivity index (χ4v) is 1.16. The molecule has 0 fully saturated rings. The number of nitrogens with zero attached hydrogens (tertiary/aromatic N) is 2. The monoisotopic (exact) mass is 296 g/mol. The van der Waals surface area contributed by atoms with E-state index >= 15 is 0 Å². The first-order valence-electron chi connectivity index (χ1n) is 3.22. The van der Waals surface area contributed by atoms with Gasteiger partial charge in [0, 0.05) is 15.2 Å². The molecule has 1 aromatic rings. The van der Waals surface area contributed by atoms with Crippen molar-refractivity contribution in [2.45, 2.75) is 6.54 Å². The van der Waals surface area contributed by atoms with Crippen LogP contribution in [0.15, 0.2) is 28.7 Å². The number of halogens is 2. The average molecular weight is 296 g/mol. The van der Waals surface area contributed by atoms with Crippen molar-refractivity contribution in [3.05, 3.63) is 37.8 Å². The summed E-state index contributed by atoms with van der Waals surface area (Å²) >= 11 is 7.35. The zero-order chi connectivity index (χ0) is 8.97. The lowest BCUT2D eigenvalue weighted by Gasteiger charge is -1.98. The van der Waals surface area contributed by atoms with Crippen LogP contribution in [0.2, 0.25) is 0 Å². The normalized spacial score (nSPS) is 10.8. The van der Waals surface area contributed by atoms with E-state index in [1.165, 1.54) is 16.3 Å². The summed E-state index contributed by atoms with van der Waals surface area (Å²) < 4.78 is 2.17. The van der Waals surface area contributed by atoms with Gasteiger partial charge in [0.2, 0.25) is 0 Å². The fraction of sp³-hybridized carbons (Fsp3) is 0.143. The highest BCUT2D eigenvalue weighted by Gasteiger charge is 1.94. The molecule has 1 rings (SSSR count). The largest absolute Gasteiger partial charge is 0.268 e. The predicted octanol–water partition coefficient (Wildman–Crippen LogP) is 1.60. The van der Waals surface area contributed by atoms with Crippen LogP contribution >= 0.6 is 34.2 Å². The highest BCUT2D eigenvalue weighted by atomic mass is 127. The minimum Gasteiger partial charge on any atom is -0.268 e. The van der Waals surface area contributed by atoms with Gasteiger partial charge in [0.25, 0.3) is 5.56 Å². The molecule has 5 heteroatoms. The molecule has 0 saturated heterocycles. The molecule has 0 amide bonds. The third kappa shape index (κ3) is 2.60. The molecule has 0 N–H and O–H groups in total. The Kier molecular flexibility index (Phi) is 3.74. The molecule has 0 unspecified atom stereocenters. The van der Waals surface area contributed by atoms with Gasteiger partial charge >= 0.3 is 0 Å². The molecule has 0 radical (unpaired) electrons. The summed E-state index contributed by atoms with van der Waals surface area (Å²) in [7, 11) is 0. The second kappa shape index (κ2) is 4.61. The summed E-state index contributed by atoms with van der Waals surface area (Å²) in [6, 6.07) is 1.52. The summed E-state index contributed by atoms with van der Waals surface area (Å²) in [5.74, 6) is 0. The Morgan fingerprint density at radius 1 is 1.75 bits per heavy atom. The van der Waals surface area contributed by atoms with Crippen molar-refractivity contribution in [2.75, 3.05) is 0 Å². The van der Waals surface area contributed by atoms with Crippen LogP contribution in [-0.4, -0.2) is 9.78 Å². The molecule has 64 valence electrons. The Bertz CT molecular complexity index is 348. The number of allylic oxidation sites excluding steroid dienone is 1. The zero-order valence-corrected chi connectivity index (χ0v) is 8.99. The van der Waals surface area contributed by atoms with Crippen molar-refractivity contribution in [2.24, 2.45) is 0 Å². The van der Waals surface area contributed by atoms with E-state index in [1.807, 2.05) is 22.6 Å². The van der Waals surface area contributed by atoms with Crippen LogP contribution in [0, 0.1) is 3.57 Å². The Hall–Kier alpha value is -0.360. The molecular formula is C7H6ClIN2O. The lowest BCUT2D eigenvalue weighted by Crippen LogP contribution is -2.21. The molecular weight excluding hydrogens is 290 g/mol. The quantitative estimate of drug-likeness (QED) is 0.777. The van der Waals surface area contributed by atoms with Crippen LogP contribution < -0.4 is 5.56 Å². The maximum absolute atomic E-state index is 11.2. The summed E-state index contributed by atoms with van der Waals surface area (Å²) in [6.07, 6.45) is 3.28. The van der Waals surface area contributed by atoms with Gasteiger partial charge in [0.05, 0.1) is 12.7 Å². The fourth-order valence-electron chi connectivity index (χ4n) is 0.688. The molecule has 1 heterocycles. The number of rotatable bonds is 2. The van der Waals surface area contributed by atoms with Crippen LogP contribution in [0.1, 0.15) is 0 Å². The number of aromatic nitrogens is 2. The van der Waals surface area contributed by atoms with E-state index < -0.39 is 0 Å². The maximum atomic E-state index is 11.2.